The monoisotopic (exact) mass is 365 g/mol. The summed E-state index contributed by atoms with van der Waals surface area (Å²) in [6.45, 7) is 0.546. The van der Waals surface area contributed by atoms with Crippen LogP contribution in [-0.4, -0.2) is 9.55 Å². The van der Waals surface area contributed by atoms with E-state index in [1.165, 1.54) is 0 Å². The highest BCUT2D eigenvalue weighted by molar-refractivity contribution is 6.42. The summed E-state index contributed by atoms with van der Waals surface area (Å²) < 4.78 is 1.99. The summed E-state index contributed by atoms with van der Waals surface area (Å²) >= 11 is 18.2. The normalized spacial score (nSPS) is 10.8. The van der Waals surface area contributed by atoms with Crippen molar-refractivity contribution in [3.63, 3.8) is 0 Å². The van der Waals surface area contributed by atoms with Crippen LogP contribution in [-0.2, 0) is 13.6 Å². The molecule has 118 valence electrons. The van der Waals surface area contributed by atoms with E-state index in [0.717, 1.165) is 22.8 Å². The van der Waals surface area contributed by atoms with Gasteiger partial charge in [-0.3, -0.25) is 0 Å². The molecule has 0 aliphatic carbocycles. The van der Waals surface area contributed by atoms with E-state index >= 15 is 0 Å². The van der Waals surface area contributed by atoms with Crippen molar-refractivity contribution in [2.24, 2.45) is 7.05 Å². The lowest BCUT2D eigenvalue weighted by atomic mass is 10.2. The second-order valence-electron chi connectivity index (χ2n) is 5.10. The van der Waals surface area contributed by atoms with E-state index in [1.807, 2.05) is 54.2 Å². The molecule has 0 bridgehead atoms. The Morgan fingerprint density at radius 1 is 1.04 bits per heavy atom. The van der Waals surface area contributed by atoms with Gasteiger partial charge in [-0.2, -0.15) is 0 Å². The zero-order chi connectivity index (χ0) is 16.4. The van der Waals surface area contributed by atoms with Crippen LogP contribution >= 0.6 is 34.8 Å². The molecule has 1 aromatic heterocycles. The maximum atomic E-state index is 6.20. The third-order valence-electron chi connectivity index (χ3n) is 3.60. The lowest BCUT2D eigenvalue weighted by Crippen LogP contribution is -2.06. The lowest BCUT2D eigenvalue weighted by molar-refractivity contribution is 0.907. The minimum absolute atomic E-state index is 0.546. The minimum Gasteiger partial charge on any atom is -0.352 e. The molecule has 0 aliphatic rings. The summed E-state index contributed by atoms with van der Waals surface area (Å²) in [6, 6.07) is 13.2. The molecular formula is C17H14Cl3N3. The summed E-state index contributed by atoms with van der Waals surface area (Å²) in [5.41, 5.74) is 2.98. The number of anilines is 1. The first-order valence-electron chi connectivity index (χ1n) is 7.00. The number of imidazole rings is 1. The predicted molar refractivity (Wildman–Crippen MR) is 97.4 cm³/mol. The van der Waals surface area contributed by atoms with Crippen LogP contribution in [0.1, 0.15) is 5.56 Å². The average Bonchev–Trinajstić information content (AvgIpc) is 2.91. The van der Waals surface area contributed by atoms with E-state index in [4.69, 9.17) is 34.8 Å². The van der Waals surface area contributed by atoms with Crippen LogP contribution in [0.2, 0.25) is 15.1 Å². The highest BCUT2D eigenvalue weighted by Crippen LogP contribution is 2.27. The van der Waals surface area contributed by atoms with Crippen LogP contribution in [0.3, 0.4) is 0 Å². The number of aromatic nitrogens is 2. The maximum Gasteiger partial charge on any atom is 0.203 e. The maximum absolute atomic E-state index is 6.20. The van der Waals surface area contributed by atoms with Gasteiger partial charge in [-0.25, -0.2) is 4.98 Å². The van der Waals surface area contributed by atoms with Gasteiger partial charge in [0.1, 0.15) is 0 Å². The van der Waals surface area contributed by atoms with Crippen molar-refractivity contribution >= 4 is 40.8 Å². The Labute approximate surface area is 149 Å². The molecule has 6 heteroatoms. The Balaban J connectivity index is 1.80. The first-order valence-corrected chi connectivity index (χ1v) is 8.14. The molecule has 0 atom stereocenters. The predicted octanol–water partition coefficient (Wildman–Crippen LogP) is 5.66. The van der Waals surface area contributed by atoms with E-state index in [1.54, 1.807) is 6.07 Å². The van der Waals surface area contributed by atoms with Crippen molar-refractivity contribution in [3.05, 3.63) is 69.3 Å². The Kier molecular flexibility index (Phi) is 4.81. The molecule has 3 rings (SSSR count). The second-order valence-corrected chi connectivity index (χ2v) is 6.32. The van der Waals surface area contributed by atoms with E-state index in [0.29, 0.717) is 21.6 Å². The third kappa shape index (κ3) is 3.47. The Bertz CT molecular complexity index is 826. The molecular weight excluding hydrogens is 353 g/mol. The molecule has 0 amide bonds. The van der Waals surface area contributed by atoms with Gasteiger partial charge >= 0.3 is 0 Å². The fourth-order valence-electron chi connectivity index (χ4n) is 2.32. The standard InChI is InChI=1S/C17H14Cl3N3/c1-23-15(11-5-7-13(18)8-6-11)10-22-17(23)21-9-12-3-2-4-14(19)16(12)20/h2-8,10H,9H2,1H3,(H,21,22). The van der Waals surface area contributed by atoms with Crippen molar-refractivity contribution in [1.29, 1.82) is 0 Å². The number of nitrogens with zero attached hydrogens (tertiary/aromatic N) is 2. The molecule has 3 nitrogen and oxygen atoms in total. The fourth-order valence-corrected chi connectivity index (χ4v) is 2.83. The molecule has 0 radical (unpaired) electrons. The van der Waals surface area contributed by atoms with Gasteiger partial charge in [0.15, 0.2) is 0 Å². The number of rotatable bonds is 4. The largest absolute Gasteiger partial charge is 0.352 e. The first-order chi connectivity index (χ1) is 11.1. The number of nitrogens with one attached hydrogen (secondary N) is 1. The van der Waals surface area contributed by atoms with Gasteiger partial charge in [0, 0.05) is 18.6 Å². The van der Waals surface area contributed by atoms with Gasteiger partial charge in [0.2, 0.25) is 5.95 Å². The summed E-state index contributed by atoms with van der Waals surface area (Å²) in [4.78, 5) is 4.42. The number of hydrogen-bond acceptors (Lipinski definition) is 2. The van der Waals surface area contributed by atoms with Gasteiger partial charge in [0.25, 0.3) is 0 Å². The second kappa shape index (κ2) is 6.83. The molecule has 0 unspecified atom stereocenters. The minimum atomic E-state index is 0.546. The molecule has 0 saturated heterocycles. The van der Waals surface area contributed by atoms with E-state index in [-0.39, 0.29) is 0 Å². The number of benzene rings is 2. The molecule has 0 saturated carbocycles. The molecule has 1 heterocycles. The van der Waals surface area contributed by atoms with Gasteiger partial charge in [-0.15, -0.1) is 0 Å². The smallest absolute Gasteiger partial charge is 0.203 e. The average molecular weight is 367 g/mol. The zero-order valence-corrected chi connectivity index (χ0v) is 14.6. The summed E-state index contributed by atoms with van der Waals surface area (Å²) in [5, 5.41) is 5.11. The quantitative estimate of drug-likeness (QED) is 0.645. The van der Waals surface area contributed by atoms with Crippen molar-refractivity contribution in [2.45, 2.75) is 6.54 Å². The number of halogens is 3. The van der Waals surface area contributed by atoms with Crippen LogP contribution in [0.5, 0.6) is 0 Å². The summed E-state index contributed by atoms with van der Waals surface area (Å²) in [5.74, 6) is 0.756. The van der Waals surface area contributed by atoms with E-state index in [9.17, 15) is 0 Å². The summed E-state index contributed by atoms with van der Waals surface area (Å²) in [6.07, 6.45) is 1.82. The summed E-state index contributed by atoms with van der Waals surface area (Å²) in [7, 11) is 1.96. The van der Waals surface area contributed by atoms with E-state index in [2.05, 4.69) is 10.3 Å². The Morgan fingerprint density at radius 3 is 2.52 bits per heavy atom. The molecule has 1 N–H and O–H groups in total. The van der Waals surface area contributed by atoms with Crippen LogP contribution in [0.4, 0.5) is 5.95 Å². The van der Waals surface area contributed by atoms with Gasteiger partial charge < -0.3 is 9.88 Å². The molecule has 3 aromatic rings. The highest BCUT2D eigenvalue weighted by Gasteiger charge is 2.10. The Morgan fingerprint density at radius 2 is 1.78 bits per heavy atom. The van der Waals surface area contributed by atoms with Crippen molar-refractivity contribution < 1.29 is 0 Å². The molecule has 2 aromatic carbocycles. The lowest BCUT2D eigenvalue weighted by Gasteiger charge is -2.10. The van der Waals surface area contributed by atoms with E-state index < -0.39 is 0 Å². The van der Waals surface area contributed by atoms with Crippen LogP contribution in [0.15, 0.2) is 48.7 Å². The molecule has 23 heavy (non-hydrogen) atoms. The van der Waals surface area contributed by atoms with Crippen LogP contribution in [0.25, 0.3) is 11.3 Å². The fraction of sp³-hybridized carbons (Fsp3) is 0.118. The molecule has 0 spiro atoms. The zero-order valence-electron chi connectivity index (χ0n) is 12.4. The van der Waals surface area contributed by atoms with Crippen LogP contribution in [0, 0.1) is 0 Å². The SMILES string of the molecule is Cn1c(-c2ccc(Cl)cc2)cnc1NCc1cccc(Cl)c1Cl. The van der Waals surface area contributed by atoms with Crippen molar-refractivity contribution in [3.8, 4) is 11.3 Å². The molecule has 0 fully saturated rings. The Hall–Kier alpha value is -1.68. The number of hydrogen-bond donors (Lipinski definition) is 1. The molecule has 0 aliphatic heterocycles. The van der Waals surface area contributed by atoms with Crippen molar-refractivity contribution in [2.75, 3.05) is 5.32 Å². The van der Waals surface area contributed by atoms with Crippen LogP contribution < -0.4 is 5.32 Å². The van der Waals surface area contributed by atoms with Gasteiger partial charge in [-0.1, -0.05) is 59.1 Å². The van der Waals surface area contributed by atoms with Crippen molar-refractivity contribution in [1.82, 2.24) is 9.55 Å². The van der Waals surface area contributed by atoms with Gasteiger partial charge in [0.05, 0.1) is 21.9 Å². The topological polar surface area (TPSA) is 29.9 Å². The van der Waals surface area contributed by atoms with Gasteiger partial charge in [-0.05, 0) is 29.3 Å². The first kappa shape index (κ1) is 16.2. The third-order valence-corrected chi connectivity index (χ3v) is 4.71. The highest BCUT2D eigenvalue weighted by atomic mass is 35.5.